The molecule has 6 rings (SSSR count). The zero-order valence-corrected chi connectivity index (χ0v) is 24.8. The maximum absolute atomic E-state index is 14.4. The maximum Gasteiger partial charge on any atom is 0.255 e. The number of halogens is 2. The molecule has 9 nitrogen and oxygen atoms in total. The molecule has 0 fully saturated rings. The Morgan fingerprint density at radius 1 is 0.932 bits per heavy atom. The van der Waals surface area contributed by atoms with E-state index in [-0.39, 0.29) is 39.6 Å². The summed E-state index contributed by atoms with van der Waals surface area (Å²) in [5.41, 5.74) is 2.76. The van der Waals surface area contributed by atoms with E-state index in [1.54, 1.807) is 30.3 Å². The van der Waals surface area contributed by atoms with Crippen molar-refractivity contribution in [2.24, 2.45) is 0 Å². The second-order valence-corrected chi connectivity index (χ2v) is 12.1. The van der Waals surface area contributed by atoms with Gasteiger partial charge in [0.05, 0.1) is 24.6 Å². The van der Waals surface area contributed by atoms with Crippen LogP contribution in [0.1, 0.15) is 10.4 Å². The highest BCUT2D eigenvalue weighted by molar-refractivity contribution is 7.92. The van der Waals surface area contributed by atoms with Crippen LogP contribution in [-0.4, -0.2) is 46.8 Å². The van der Waals surface area contributed by atoms with Gasteiger partial charge in [0.25, 0.3) is 5.91 Å². The normalized spacial score (nSPS) is 11.7. The minimum atomic E-state index is -3.77. The van der Waals surface area contributed by atoms with Crippen LogP contribution >= 0.6 is 0 Å². The standard InChI is InChI=1S/C32H25F2N3O6S/c1-35-31(38)28-23-15-22(18-12-19(14-21(13-18)41-3)32-36-29-24(34)6-5-7-26(29)43-32)25(37(2)44(4,39)40)16-27(23)42-30(28)17-8-10-20(33)11-9-17/h5-16H,1-4H3,(H,35,38). The van der Waals surface area contributed by atoms with Crippen LogP contribution in [0, 0.1) is 11.6 Å². The number of ether oxygens (including phenoxy) is 1. The number of hydrogen-bond donors (Lipinski definition) is 1. The molecule has 0 spiro atoms. The van der Waals surface area contributed by atoms with E-state index in [0.717, 1.165) is 10.6 Å². The number of para-hydroxylation sites is 1. The number of methoxy groups -OCH3 is 1. The van der Waals surface area contributed by atoms with Crippen LogP contribution in [0.3, 0.4) is 0 Å². The number of rotatable bonds is 7. The Morgan fingerprint density at radius 3 is 2.32 bits per heavy atom. The second kappa shape index (κ2) is 10.8. The number of aromatic nitrogens is 1. The molecule has 4 aromatic carbocycles. The van der Waals surface area contributed by atoms with E-state index >= 15 is 0 Å². The molecule has 0 radical (unpaired) electrons. The lowest BCUT2D eigenvalue weighted by atomic mass is 9.97. The summed E-state index contributed by atoms with van der Waals surface area (Å²) in [4.78, 5) is 17.5. The molecule has 0 unspecified atom stereocenters. The van der Waals surface area contributed by atoms with Gasteiger partial charge in [0.1, 0.15) is 28.4 Å². The summed E-state index contributed by atoms with van der Waals surface area (Å²) in [5, 5.41) is 3.00. The summed E-state index contributed by atoms with van der Waals surface area (Å²) in [5.74, 6) is -0.762. The Balaban J connectivity index is 1.65. The summed E-state index contributed by atoms with van der Waals surface area (Å²) >= 11 is 0. The van der Waals surface area contributed by atoms with Crippen LogP contribution in [0.5, 0.6) is 5.75 Å². The molecule has 0 atom stereocenters. The number of benzene rings is 4. The molecule has 44 heavy (non-hydrogen) atoms. The lowest BCUT2D eigenvalue weighted by Gasteiger charge is -2.21. The van der Waals surface area contributed by atoms with Gasteiger partial charge < -0.3 is 18.9 Å². The first-order valence-corrected chi connectivity index (χ1v) is 15.1. The highest BCUT2D eigenvalue weighted by atomic mass is 32.2. The molecule has 12 heteroatoms. The minimum Gasteiger partial charge on any atom is -0.497 e. The number of nitrogens with zero attached hydrogens (tertiary/aromatic N) is 2. The molecule has 0 saturated carbocycles. The van der Waals surface area contributed by atoms with Crippen LogP contribution in [0.2, 0.25) is 0 Å². The minimum absolute atomic E-state index is 0.0627. The van der Waals surface area contributed by atoms with Gasteiger partial charge in [-0.05, 0) is 66.2 Å². The van der Waals surface area contributed by atoms with Crippen molar-refractivity contribution < 1.29 is 35.6 Å². The topological polar surface area (TPSA) is 115 Å². The Labute approximate surface area is 250 Å². The number of nitrogens with one attached hydrogen (secondary N) is 1. The van der Waals surface area contributed by atoms with E-state index in [4.69, 9.17) is 13.6 Å². The van der Waals surface area contributed by atoms with Gasteiger partial charge in [-0.25, -0.2) is 22.2 Å². The van der Waals surface area contributed by atoms with Crippen molar-refractivity contribution in [1.82, 2.24) is 10.3 Å². The first kappa shape index (κ1) is 28.9. The number of oxazole rings is 1. The van der Waals surface area contributed by atoms with Gasteiger partial charge in [-0.15, -0.1) is 0 Å². The molecular formula is C32H25F2N3O6S. The summed E-state index contributed by atoms with van der Waals surface area (Å²) in [6, 6.07) is 18.1. The van der Waals surface area contributed by atoms with Gasteiger partial charge in [0, 0.05) is 42.2 Å². The van der Waals surface area contributed by atoms with Gasteiger partial charge in [-0.2, -0.15) is 0 Å². The number of hydrogen-bond acceptors (Lipinski definition) is 7. The summed E-state index contributed by atoms with van der Waals surface area (Å²) in [7, 11) is 0.568. The number of furan rings is 1. The highest BCUT2D eigenvalue weighted by Gasteiger charge is 2.26. The zero-order chi connectivity index (χ0) is 31.3. The first-order valence-electron chi connectivity index (χ1n) is 13.3. The Morgan fingerprint density at radius 2 is 1.66 bits per heavy atom. The van der Waals surface area contributed by atoms with Crippen LogP contribution in [-0.2, 0) is 10.0 Å². The van der Waals surface area contributed by atoms with Crippen LogP contribution in [0.15, 0.2) is 81.6 Å². The molecule has 2 aromatic heterocycles. The third-order valence-corrected chi connectivity index (χ3v) is 8.47. The molecule has 1 amide bonds. The summed E-state index contributed by atoms with van der Waals surface area (Å²) < 4.78 is 72.3. The average Bonchev–Trinajstić information content (AvgIpc) is 3.62. The van der Waals surface area contributed by atoms with Gasteiger partial charge in [-0.3, -0.25) is 9.10 Å². The molecule has 2 heterocycles. The number of sulfonamides is 1. The molecule has 0 saturated heterocycles. The fourth-order valence-corrected chi connectivity index (χ4v) is 5.50. The molecule has 6 aromatic rings. The van der Waals surface area contributed by atoms with E-state index in [0.29, 0.717) is 33.4 Å². The number of anilines is 1. The number of carbonyl (C=O) groups excluding carboxylic acids is 1. The Kier molecular flexibility index (Phi) is 7.08. The molecule has 224 valence electrons. The third kappa shape index (κ3) is 5.02. The lowest BCUT2D eigenvalue weighted by Crippen LogP contribution is -2.25. The van der Waals surface area contributed by atoms with Crippen LogP contribution < -0.4 is 14.4 Å². The third-order valence-electron chi connectivity index (χ3n) is 7.27. The fraction of sp³-hybridized carbons (Fsp3) is 0.125. The van der Waals surface area contributed by atoms with Gasteiger partial charge in [-0.1, -0.05) is 6.07 Å². The molecular weight excluding hydrogens is 592 g/mol. The number of fused-ring (bicyclic) bond motifs is 2. The Bertz CT molecular complexity index is 2190. The van der Waals surface area contributed by atoms with Crippen molar-refractivity contribution in [3.05, 3.63) is 90.0 Å². The molecule has 0 aliphatic heterocycles. The van der Waals surface area contributed by atoms with Gasteiger partial charge >= 0.3 is 0 Å². The summed E-state index contributed by atoms with van der Waals surface area (Å²) in [6.45, 7) is 0. The molecule has 1 N–H and O–H groups in total. The number of amides is 1. The molecule has 0 bridgehead atoms. The number of carbonyl (C=O) groups is 1. The van der Waals surface area contributed by atoms with Gasteiger partial charge in [0.15, 0.2) is 11.4 Å². The quantitative estimate of drug-likeness (QED) is 0.214. The van der Waals surface area contributed by atoms with Gasteiger partial charge in [0.2, 0.25) is 15.9 Å². The average molecular weight is 618 g/mol. The molecule has 0 aliphatic carbocycles. The predicted molar refractivity (Wildman–Crippen MR) is 163 cm³/mol. The smallest absolute Gasteiger partial charge is 0.255 e. The lowest BCUT2D eigenvalue weighted by molar-refractivity contribution is 0.0964. The monoisotopic (exact) mass is 617 g/mol. The SMILES string of the molecule is CNC(=O)c1c(-c2ccc(F)cc2)oc2cc(N(C)S(C)(=O)=O)c(-c3cc(OC)cc(-c4nc5c(F)cccc5o4)c3)cc12. The van der Waals surface area contributed by atoms with Crippen molar-refractivity contribution in [2.75, 3.05) is 31.8 Å². The van der Waals surface area contributed by atoms with E-state index < -0.39 is 27.6 Å². The van der Waals surface area contributed by atoms with Crippen LogP contribution in [0.4, 0.5) is 14.5 Å². The van der Waals surface area contributed by atoms with Crippen molar-refractivity contribution in [3.8, 4) is 39.7 Å². The highest BCUT2D eigenvalue weighted by Crippen LogP contribution is 2.43. The largest absolute Gasteiger partial charge is 0.497 e. The first-order chi connectivity index (χ1) is 21.0. The Hall–Kier alpha value is -5.23. The van der Waals surface area contributed by atoms with Crippen molar-refractivity contribution in [2.45, 2.75) is 0 Å². The fourth-order valence-electron chi connectivity index (χ4n) is 4.99. The van der Waals surface area contributed by atoms with E-state index in [1.807, 2.05) is 0 Å². The van der Waals surface area contributed by atoms with Crippen molar-refractivity contribution in [1.29, 1.82) is 0 Å². The van der Waals surface area contributed by atoms with Crippen LogP contribution in [0.25, 0.3) is 56.0 Å². The predicted octanol–water partition coefficient (Wildman–Crippen LogP) is 6.62. The molecule has 0 aliphatic rings. The zero-order valence-electron chi connectivity index (χ0n) is 23.9. The summed E-state index contributed by atoms with van der Waals surface area (Å²) in [6.07, 6.45) is 1.06. The van der Waals surface area contributed by atoms with E-state index in [1.165, 1.54) is 63.7 Å². The van der Waals surface area contributed by atoms with E-state index in [9.17, 15) is 22.0 Å². The van der Waals surface area contributed by atoms with Crippen molar-refractivity contribution >= 4 is 43.7 Å². The van der Waals surface area contributed by atoms with Crippen molar-refractivity contribution in [3.63, 3.8) is 0 Å². The second-order valence-electron chi connectivity index (χ2n) is 10.0. The van der Waals surface area contributed by atoms with E-state index in [2.05, 4.69) is 10.3 Å². The maximum atomic E-state index is 14.4.